The summed E-state index contributed by atoms with van der Waals surface area (Å²) in [5.41, 5.74) is 1.28. The number of thioether (sulfide) groups is 1. The van der Waals surface area contributed by atoms with Crippen molar-refractivity contribution in [2.45, 2.75) is 36.9 Å². The summed E-state index contributed by atoms with van der Waals surface area (Å²) in [4.78, 5) is 4.39. The molecule has 0 saturated heterocycles. The number of aliphatic hydroxyl groups is 1. The Bertz CT molecular complexity index is 329. The Labute approximate surface area is 101 Å². The van der Waals surface area contributed by atoms with E-state index < -0.39 is 0 Å². The van der Waals surface area contributed by atoms with E-state index in [-0.39, 0.29) is 6.61 Å². The smallest absolute Gasteiger partial charge is 0.100 e. The van der Waals surface area contributed by atoms with Crippen LogP contribution < -0.4 is 5.32 Å². The highest BCUT2D eigenvalue weighted by atomic mass is 32.2. The Hall–Kier alpha value is -0.580. The number of pyridine rings is 1. The van der Waals surface area contributed by atoms with Gasteiger partial charge in [-0.25, -0.2) is 4.98 Å². The van der Waals surface area contributed by atoms with Crippen molar-refractivity contribution in [1.29, 1.82) is 0 Å². The maximum absolute atomic E-state index is 8.75. The molecule has 1 aliphatic rings. The summed E-state index contributed by atoms with van der Waals surface area (Å²) in [5.74, 6) is 0.934. The van der Waals surface area contributed by atoms with Gasteiger partial charge < -0.3 is 10.4 Å². The van der Waals surface area contributed by atoms with Gasteiger partial charge in [-0.15, -0.1) is 11.8 Å². The molecule has 2 N–H and O–H groups in total. The maximum Gasteiger partial charge on any atom is 0.100 e. The molecule has 0 bridgehead atoms. The highest BCUT2D eigenvalue weighted by molar-refractivity contribution is 7.99. The molecule has 2 rings (SSSR count). The van der Waals surface area contributed by atoms with Crippen molar-refractivity contribution in [3.63, 3.8) is 0 Å². The molecule has 16 heavy (non-hydrogen) atoms. The fraction of sp³-hybridized carbons (Fsp3) is 0.583. The van der Waals surface area contributed by atoms with E-state index in [9.17, 15) is 0 Å². The molecule has 3 nitrogen and oxygen atoms in total. The van der Waals surface area contributed by atoms with E-state index in [1.54, 1.807) is 11.8 Å². The summed E-state index contributed by atoms with van der Waals surface area (Å²) in [7, 11) is 0. The lowest BCUT2D eigenvalue weighted by Crippen LogP contribution is -2.16. The van der Waals surface area contributed by atoms with Crippen molar-refractivity contribution in [2.75, 3.05) is 12.4 Å². The Kier molecular flexibility index (Phi) is 4.63. The molecular weight excluding hydrogens is 220 g/mol. The first-order valence-electron chi connectivity index (χ1n) is 5.81. The van der Waals surface area contributed by atoms with Crippen molar-refractivity contribution in [2.24, 2.45) is 0 Å². The van der Waals surface area contributed by atoms with Crippen LogP contribution in [-0.4, -0.2) is 28.5 Å². The van der Waals surface area contributed by atoms with Gasteiger partial charge in [-0.1, -0.05) is 6.07 Å². The van der Waals surface area contributed by atoms with Gasteiger partial charge in [-0.2, -0.15) is 0 Å². The highest BCUT2D eigenvalue weighted by Crippen LogP contribution is 2.23. The molecule has 0 unspecified atom stereocenters. The molecule has 0 aliphatic heterocycles. The fourth-order valence-corrected chi connectivity index (χ4v) is 2.39. The van der Waals surface area contributed by atoms with Crippen molar-refractivity contribution >= 4 is 11.8 Å². The monoisotopic (exact) mass is 238 g/mol. The van der Waals surface area contributed by atoms with Crippen molar-refractivity contribution in [3.8, 4) is 0 Å². The molecule has 0 spiro atoms. The zero-order valence-corrected chi connectivity index (χ0v) is 10.2. The molecule has 1 saturated carbocycles. The Balaban J connectivity index is 1.87. The molecule has 1 aromatic rings. The molecule has 1 fully saturated rings. The second-order valence-corrected chi connectivity index (χ2v) is 5.13. The number of aliphatic hydroxyl groups excluding tert-OH is 1. The van der Waals surface area contributed by atoms with Crippen molar-refractivity contribution in [1.82, 2.24) is 10.3 Å². The third-order valence-electron chi connectivity index (χ3n) is 2.55. The van der Waals surface area contributed by atoms with E-state index in [1.165, 1.54) is 18.4 Å². The van der Waals surface area contributed by atoms with Crippen LogP contribution in [-0.2, 0) is 6.54 Å². The number of aromatic nitrogens is 1. The predicted molar refractivity (Wildman–Crippen MR) is 66.5 cm³/mol. The zero-order chi connectivity index (χ0) is 11.2. The first-order chi connectivity index (χ1) is 7.90. The second-order valence-electron chi connectivity index (χ2n) is 4.05. The van der Waals surface area contributed by atoms with Crippen LogP contribution in [0, 0.1) is 0 Å². The molecule has 4 heteroatoms. The van der Waals surface area contributed by atoms with Gasteiger partial charge in [-0.05, 0) is 30.9 Å². The summed E-state index contributed by atoms with van der Waals surface area (Å²) in [6.07, 6.45) is 5.29. The second kappa shape index (κ2) is 6.23. The van der Waals surface area contributed by atoms with Crippen LogP contribution in [0.2, 0.25) is 0 Å². The van der Waals surface area contributed by atoms with Gasteiger partial charge in [0.1, 0.15) is 5.03 Å². The summed E-state index contributed by atoms with van der Waals surface area (Å²) >= 11 is 1.73. The van der Waals surface area contributed by atoms with Crippen LogP contribution in [0.3, 0.4) is 0 Å². The first kappa shape index (κ1) is 11.9. The van der Waals surface area contributed by atoms with Crippen molar-refractivity contribution < 1.29 is 5.11 Å². The Morgan fingerprint density at radius 3 is 3.12 bits per heavy atom. The third-order valence-corrected chi connectivity index (χ3v) is 3.68. The number of nitrogens with zero attached hydrogens (tertiary/aromatic N) is 1. The zero-order valence-electron chi connectivity index (χ0n) is 9.35. The van der Waals surface area contributed by atoms with Crippen LogP contribution >= 0.6 is 11.8 Å². The normalized spacial score (nSPS) is 15.3. The van der Waals surface area contributed by atoms with Gasteiger partial charge in [-0.3, -0.25) is 0 Å². The maximum atomic E-state index is 8.75. The van der Waals surface area contributed by atoms with Crippen molar-refractivity contribution in [3.05, 3.63) is 23.9 Å². The summed E-state index contributed by atoms with van der Waals surface area (Å²) in [6.45, 7) is 1.18. The fourth-order valence-electron chi connectivity index (χ4n) is 1.46. The molecule has 1 aromatic heterocycles. The topological polar surface area (TPSA) is 45.2 Å². The van der Waals surface area contributed by atoms with Crippen LogP contribution in [0.5, 0.6) is 0 Å². The number of hydrogen-bond donors (Lipinski definition) is 2. The minimum Gasteiger partial charge on any atom is -0.396 e. The number of rotatable bonds is 7. The minimum atomic E-state index is 0.259. The molecule has 0 radical (unpaired) electrons. The van der Waals surface area contributed by atoms with Gasteiger partial charge >= 0.3 is 0 Å². The average Bonchev–Trinajstić information content (AvgIpc) is 3.12. The summed E-state index contributed by atoms with van der Waals surface area (Å²) < 4.78 is 0. The van der Waals surface area contributed by atoms with E-state index in [1.807, 2.05) is 12.3 Å². The first-order valence-corrected chi connectivity index (χ1v) is 6.79. The predicted octanol–water partition coefficient (Wildman–Crippen LogP) is 1.81. The van der Waals surface area contributed by atoms with Crippen LogP contribution in [0.25, 0.3) is 0 Å². The van der Waals surface area contributed by atoms with E-state index in [0.29, 0.717) is 0 Å². The third kappa shape index (κ3) is 3.77. The molecule has 0 amide bonds. The van der Waals surface area contributed by atoms with Gasteiger partial charge in [0.15, 0.2) is 0 Å². The highest BCUT2D eigenvalue weighted by Gasteiger charge is 2.20. The van der Waals surface area contributed by atoms with Gasteiger partial charge in [0.2, 0.25) is 0 Å². The largest absolute Gasteiger partial charge is 0.396 e. The summed E-state index contributed by atoms with van der Waals surface area (Å²) in [6, 6.07) is 4.85. The lowest BCUT2D eigenvalue weighted by molar-refractivity contribution is 0.296. The molecule has 88 valence electrons. The number of nitrogens with one attached hydrogen (secondary N) is 1. The Morgan fingerprint density at radius 2 is 2.38 bits per heavy atom. The minimum absolute atomic E-state index is 0.259. The lowest BCUT2D eigenvalue weighted by Gasteiger charge is -2.08. The molecule has 0 atom stereocenters. The molecule has 1 aliphatic carbocycles. The van der Waals surface area contributed by atoms with Crippen LogP contribution in [0.15, 0.2) is 23.4 Å². The number of hydrogen-bond acceptors (Lipinski definition) is 4. The van der Waals surface area contributed by atoms with Gasteiger partial charge in [0, 0.05) is 31.1 Å². The lowest BCUT2D eigenvalue weighted by atomic mass is 10.3. The quantitative estimate of drug-likeness (QED) is 0.562. The van der Waals surface area contributed by atoms with E-state index in [4.69, 9.17) is 5.11 Å². The van der Waals surface area contributed by atoms with Crippen LogP contribution in [0.1, 0.15) is 24.8 Å². The molecular formula is C12H18N2OS. The van der Waals surface area contributed by atoms with Gasteiger partial charge in [0.25, 0.3) is 0 Å². The SMILES string of the molecule is OCCCSc1ncccc1CNC1CC1. The van der Waals surface area contributed by atoms with E-state index >= 15 is 0 Å². The van der Waals surface area contributed by atoms with Gasteiger partial charge in [0.05, 0.1) is 0 Å². The molecule has 1 heterocycles. The van der Waals surface area contributed by atoms with Crippen LogP contribution in [0.4, 0.5) is 0 Å². The van der Waals surface area contributed by atoms with E-state index in [0.717, 1.165) is 29.8 Å². The average molecular weight is 238 g/mol. The Morgan fingerprint density at radius 1 is 1.50 bits per heavy atom. The van der Waals surface area contributed by atoms with E-state index in [2.05, 4.69) is 16.4 Å². The summed E-state index contributed by atoms with van der Waals surface area (Å²) in [5, 5.41) is 13.4. The standard InChI is InChI=1S/C12H18N2OS/c15-7-2-8-16-12-10(3-1-6-13-12)9-14-11-4-5-11/h1,3,6,11,14-15H,2,4-5,7-9H2. The molecule has 0 aromatic carbocycles.